The minimum absolute atomic E-state index is 0.0914. The molecule has 0 aromatic rings. The Kier molecular flexibility index (Phi) is 5.49. The maximum atomic E-state index is 8.22. The summed E-state index contributed by atoms with van der Waals surface area (Å²) in [6, 6.07) is 2.11. The largest absolute Gasteiger partial charge is 0.359 e. The molecule has 0 rings (SSSR count). The van der Waals surface area contributed by atoms with Crippen LogP contribution in [0.2, 0.25) is 0 Å². The predicted molar refractivity (Wildman–Crippen MR) is 46.6 cm³/mol. The third-order valence-corrected chi connectivity index (χ3v) is 1.46. The van der Waals surface area contributed by atoms with Gasteiger partial charge < -0.3 is 5.23 Å². The van der Waals surface area contributed by atoms with Crippen LogP contribution in [0.1, 0.15) is 20.3 Å². The summed E-state index contributed by atoms with van der Waals surface area (Å²) in [7, 11) is 5.18. The lowest BCUT2D eigenvalue weighted by Crippen LogP contribution is -2.30. The van der Waals surface area contributed by atoms with Gasteiger partial charge in [0.25, 0.3) is 0 Å². The molecule has 1 atom stereocenters. The third kappa shape index (κ3) is 4.57. The van der Waals surface area contributed by atoms with Gasteiger partial charge in [-0.25, -0.2) is 0 Å². The predicted octanol–water partition coefficient (Wildman–Crippen LogP) is 0.423. The van der Waals surface area contributed by atoms with Gasteiger partial charge in [0.2, 0.25) is 0 Å². The molecule has 0 aliphatic carbocycles. The zero-order chi connectivity index (χ0) is 8.69. The molecule has 0 spiro atoms. The van der Waals surface area contributed by atoms with Gasteiger partial charge in [-0.2, -0.15) is 5.26 Å². The zero-order valence-corrected chi connectivity index (χ0v) is 6.96. The van der Waals surface area contributed by atoms with E-state index in [9.17, 15) is 0 Å². The molecule has 4 heteroatoms. The van der Waals surface area contributed by atoms with Crippen LogP contribution < -0.4 is 5.23 Å². The number of nitrogens with zero attached hydrogens (tertiary/aromatic N) is 2. The third-order valence-electron chi connectivity index (χ3n) is 1.46. The molecular weight excluding hydrogens is 137 g/mol. The highest BCUT2D eigenvalue weighted by atomic mass is 14.8. The highest BCUT2D eigenvalue weighted by Gasteiger charge is 1.99. The normalized spacial score (nSPS) is 14.1. The van der Waals surface area contributed by atoms with Gasteiger partial charge in [-0.05, 0) is 13.8 Å². The van der Waals surface area contributed by atoms with Crippen LogP contribution in [-0.2, 0) is 0 Å². The van der Waals surface area contributed by atoms with Crippen molar-refractivity contribution in [3.8, 4) is 6.07 Å². The Hall–Kier alpha value is -0.815. The number of aliphatic imine (C=N–C) groups is 1. The van der Waals surface area contributed by atoms with Crippen molar-refractivity contribution in [3.05, 3.63) is 0 Å². The average molecular weight is 149 g/mol. The molecule has 1 N–H and O–H groups in total. The van der Waals surface area contributed by atoms with Crippen LogP contribution in [0, 0.1) is 11.3 Å². The van der Waals surface area contributed by atoms with E-state index in [1.807, 2.05) is 19.9 Å². The smallest absolute Gasteiger partial charge is 0.178 e. The summed E-state index contributed by atoms with van der Waals surface area (Å²) in [5, 5.41) is 10.8. The maximum absolute atomic E-state index is 8.22. The fraction of sp³-hybridized carbons (Fsp3) is 0.714. The van der Waals surface area contributed by atoms with Crippen LogP contribution >= 0.6 is 0 Å². The van der Waals surface area contributed by atoms with E-state index in [4.69, 9.17) is 13.2 Å². The van der Waals surface area contributed by atoms with Gasteiger partial charge in [0.05, 0.1) is 19.0 Å². The van der Waals surface area contributed by atoms with E-state index >= 15 is 0 Å². The number of nitrogens with one attached hydrogen (secondary N) is 1. The van der Waals surface area contributed by atoms with Gasteiger partial charge in [0.15, 0.2) is 7.98 Å². The van der Waals surface area contributed by atoms with E-state index in [1.54, 1.807) is 0 Å². The highest BCUT2D eigenvalue weighted by Crippen LogP contribution is 1.87. The number of hydrogen-bond acceptors (Lipinski definition) is 3. The van der Waals surface area contributed by atoms with Crippen LogP contribution in [0.3, 0.4) is 0 Å². The number of hydrogen-bond donors (Lipinski definition) is 1. The van der Waals surface area contributed by atoms with Crippen molar-refractivity contribution >= 4 is 13.7 Å². The number of nitriles is 1. The van der Waals surface area contributed by atoms with E-state index in [0.717, 1.165) is 5.71 Å². The molecular formula is C7H12BN3. The number of rotatable bonds is 4. The monoisotopic (exact) mass is 149 g/mol. The van der Waals surface area contributed by atoms with Gasteiger partial charge in [0, 0.05) is 11.8 Å². The van der Waals surface area contributed by atoms with Gasteiger partial charge in [-0.1, -0.05) is 0 Å². The van der Waals surface area contributed by atoms with Crippen molar-refractivity contribution in [1.82, 2.24) is 5.23 Å². The summed E-state index contributed by atoms with van der Waals surface area (Å²) in [6.07, 6.45) is 0.467. The zero-order valence-electron chi connectivity index (χ0n) is 6.96. The Morgan fingerprint density at radius 2 is 2.45 bits per heavy atom. The van der Waals surface area contributed by atoms with E-state index < -0.39 is 0 Å². The van der Waals surface area contributed by atoms with Crippen molar-refractivity contribution in [2.75, 3.05) is 6.54 Å². The average Bonchev–Trinajstić information content (AvgIpc) is 2.03. The van der Waals surface area contributed by atoms with Gasteiger partial charge in [-0.15, -0.1) is 0 Å². The molecule has 3 nitrogen and oxygen atoms in total. The van der Waals surface area contributed by atoms with E-state index in [0.29, 0.717) is 13.0 Å². The molecule has 0 heterocycles. The lowest BCUT2D eigenvalue weighted by molar-refractivity contribution is 0.861. The van der Waals surface area contributed by atoms with Crippen molar-refractivity contribution in [2.24, 2.45) is 4.99 Å². The fourth-order valence-electron chi connectivity index (χ4n) is 0.540. The molecule has 0 aromatic heterocycles. The molecule has 2 radical (unpaired) electrons. The highest BCUT2D eigenvalue weighted by molar-refractivity contribution is 6.07. The van der Waals surface area contributed by atoms with E-state index in [-0.39, 0.29) is 6.04 Å². The molecule has 11 heavy (non-hydrogen) atoms. The standard InChI is InChI=1S/C7H12BN3/c1-6(7(2)11-8)10-5-3-4-9/h7,11H,3,5H2,1-2H3. The van der Waals surface area contributed by atoms with Crippen molar-refractivity contribution in [1.29, 1.82) is 5.26 Å². The van der Waals surface area contributed by atoms with Crippen molar-refractivity contribution < 1.29 is 0 Å². The Bertz CT molecular complexity index is 171. The minimum Gasteiger partial charge on any atom is -0.359 e. The van der Waals surface area contributed by atoms with Crippen molar-refractivity contribution in [2.45, 2.75) is 26.3 Å². The molecule has 0 bridgehead atoms. The first-order valence-electron chi connectivity index (χ1n) is 3.56. The molecule has 0 amide bonds. The summed E-state index contributed by atoms with van der Waals surface area (Å²) >= 11 is 0. The quantitative estimate of drug-likeness (QED) is 0.357. The molecule has 0 aliphatic heterocycles. The van der Waals surface area contributed by atoms with E-state index in [2.05, 4.69) is 10.2 Å². The van der Waals surface area contributed by atoms with Crippen LogP contribution in [0.5, 0.6) is 0 Å². The van der Waals surface area contributed by atoms with Crippen LogP contribution in [0.25, 0.3) is 0 Å². The Morgan fingerprint density at radius 1 is 1.82 bits per heavy atom. The summed E-state index contributed by atoms with van der Waals surface area (Å²) in [5.41, 5.74) is 0.933. The Balaban J connectivity index is 3.72. The molecule has 0 saturated carbocycles. The second kappa shape index (κ2) is 5.93. The summed E-state index contributed by atoms with van der Waals surface area (Å²) in [5.74, 6) is 0. The van der Waals surface area contributed by atoms with Gasteiger partial charge >= 0.3 is 0 Å². The molecule has 1 unspecified atom stereocenters. The molecule has 0 aliphatic rings. The van der Waals surface area contributed by atoms with Crippen molar-refractivity contribution in [3.63, 3.8) is 0 Å². The second-order valence-corrected chi connectivity index (χ2v) is 2.32. The van der Waals surface area contributed by atoms with E-state index in [1.165, 1.54) is 0 Å². The van der Waals surface area contributed by atoms with Crippen LogP contribution in [-0.4, -0.2) is 26.3 Å². The molecule has 0 fully saturated rings. The molecule has 0 aromatic carbocycles. The fourth-order valence-corrected chi connectivity index (χ4v) is 0.540. The summed E-state index contributed by atoms with van der Waals surface area (Å²) in [6.45, 7) is 4.38. The first kappa shape index (κ1) is 10.2. The molecule has 58 valence electrons. The lowest BCUT2D eigenvalue weighted by Gasteiger charge is -2.08. The molecule has 0 saturated heterocycles. The van der Waals surface area contributed by atoms with Crippen LogP contribution in [0.4, 0.5) is 0 Å². The summed E-state index contributed by atoms with van der Waals surface area (Å²) in [4.78, 5) is 4.14. The first-order valence-corrected chi connectivity index (χ1v) is 3.56. The first-order chi connectivity index (χ1) is 5.22. The Morgan fingerprint density at radius 3 is 2.91 bits per heavy atom. The Labute approximate surface area is 68.9 Å². The second-order valence-electron chi connectivity index (χ2n) is 2.32. The van der Waals surface area contributed by atoms with Gasteiger partial charge in [0.1, 0.15) is 0 Å². The maximum Gasteiger partial charge on any atom is 0.178 e. The van der Waals surface area contributed by atoms with Crippen LogP contribution in [0.15, 0.2) is 4.99 Å². The van der Waals surface area contributed by atoms with Gasteiger partial charge in [-0.3, -0.25) is 4.99 Å². The topological polar surface area (TPSA) is 48.2 Å². The SMILES string of the molecule is [B]NC(C)C(C)=NCCC#N. The summed E-state index contributed by atoms with van der Waals surface area (Å²) < 4.78 is 0. The lowest BCUT2D eigenvalue weighted by atomic mass is 10.2. The minimum atomic E-state index is 0.0914.